The summed E-state index contributed by atoms with van der Waals surface area (Å²) in [6.07, 6.45) is 1.52. The van der Waals surface area contributed by atoms with Gasteiger partial charge in [-0.3, -0.25) is 4.79 Å². The van der Waals surface area contributed by atoms with Crippen LogP contribution in [0.15, 0.2) is 24.3 Å². The Kier molecular flexibility index (Phi) is 4.52. The summed E-state index contributed by atoms with van der Waals surface area (Å²) >= 11 is 5.14. The first-order valence-electron chi connectivity index (χ1n) is 7.07. The summed E-state index contributed by atoms with van der Waals surface area (Å²) in [5, 5.41) is 0. The lowest BCUT2D eigenvalue weighted by atomic mass is 9.61. The number of hydrogen-bond acceptors (Lipinski definition) is 3. The van der Waals surface area contributed by atoms with Gasteiger partial charge in [0.25, 0.3) is 0 Å². The Balaban J connectivity index is 2.06. The predicted octanol–water partition coefficient (Wildman–Crippen LogP) is 2.36. The summed E-state index contributed by atoms with van der Waals surface area (Å²) in [7, 11) is 3.43. The van der Waals surface area contributed by atoms with Crippen LogP contribution in [0.5, 0.6) is 5.75 Å². The van der Waals surface area contributed by atoms with Crippen LogP contribution in [0.2, 0.25) is 0 Å². The Bertz CT molecular complexity index is 536. The van der Waals surface area contributed by atoms with Gasteiger partial charge in [-0.05, 0) is 36.5 Å². The molecule has 0 saturated heterocycles. The molecule has 0 radical (unpaired) electrons. The molecular formula is C16H22N2O2S. The van der Waals surface area contributed by atoms with Crippen molar-refractivity contribution in [1.29, 1.82) is 0 Å². The highest BCUT2D eigenvalue weighted by Crippen LogP contribution is 2.47. The molecule has 0 unspecified atom stereocenters. The fourth-order valence-electron chi connectivity index (χ4n) is 3.05. The van der Waals surface area contributed by atoms with Crippen LogP contribution < -0.4 is 10.5 Å². The van der Waals surface area contributed by atoms with Crippen LogP contribution in [0.1, 0.15) is 25.3 Å². The number of rotatable bonds is 5. The number of thiocarbonyl (C=S) groups is 1. The largest absolute Gasteiger partial charge is 0.497 e. The van der Waals surface area contributed by atoms with Crippen LogP contribution in [-0.2, 0) is 11.3 Å². The van der Waals surface area contributed by atoms with E-state index in [4.69, 9.17) is 22.7 Å². The molecule has 1 fully saturated rings. The minimum absolute atomic E-state index is 0.0314. The number of nitrogens with zero attached hydrogens (tertiary/aromatic N) is 1. The van der Waals surface area contributed by atoms with Gasteiger partial charge in [-0.25, -0.2) is 0 Å². The minimum Gasteiger partial charge on any atom is -0.497 e. The highest BCUT2D eigenvalue weighted by molar-refractivity contribution is 7.80. The van der Waals surface area contributed by atoms with Crippen molar-refractivity contribution in [2.45, 2.75) is 26.3 Å². The highest BCUT2D eigenvalue weighted by Gasteiger charge is 2.51. The monoisotopic (exact) mass is 306 g/mol. The molecule has 0 spiro atoms. The smallest absolute Gasteiger partial charge is 0.235 e. The summed E-state index contributed by atoms with van der Waals surface area (Å²) < 4.78 is 5.13. The molecule has 1 saturated carbocycles. The Morgan fingerprint density at radius 2 is 2.00 bits per heavy atom. The van der Waals surface area contributed by atoms with Crippen molar-refractivity contribution in [2.24, 2.45) is 17.1 Å². The quantitative estimate of drug-likeness (QED) is 0.849. The van der Waals surface area contributed by atoms with Crippen LogP contribution in [0, 0.1) is 11.3 Å². The standard InChI is InChI=1S/C16H22N2O2S/c1-11-8-16(9-11,14(17)21)15(19)18(2)10-12-4-6-13(20-3)7-5-12/h4-7,11H,8-10H2,1-3H3,(H2,17,21). The molecule has 0 aromatic heterocycles. The van der Waals surface area contributed by atoms with E-state index in [2.05, 4.69) is 6.92 Å². The van der Waals surface area contributed by atoms with Gasteiger partial charge in [0.15, 0.2) is 0 Å². The molecule has 4 nitrogen and oxygen atoms in total. The number of hydrogen-bond donors (Lipinski definition) is 1. The van der Waals surface area contributed by atoms with Gasteiger partial charge < -0.3 is 15.4 Å². The first kappa shape index (κ1) is 15.8. The Morgan fingerprint density at radius 3 is 2.43 bits per heavy atom. The number of ether oxygens (including phenoxy) is 1. The summed E-state index contributed by atoms with van der Waals surface area (Å²) in [5.74, 6) is 1.34. The maximum absolute atomic E-state index is 12.7. The van der Waals surface area contributed by atoms with Gasteiger partial charge in [0.1, 0.15) is 5.75 Å². The number of nitrogens with two attached hydrogens (primary N) is 1. The number of carbonyl (C=O) groups is 1. The molecule has 1 aromatic rings. The highest BCUT2D eigenvalue weighted by atomic mass is 32.1. The van der Waals surface area contributed by atoms with Crippen LogP contribution in [0.3, 0.4) is 0 Å². The molecule has 5 heteroatoms. The van der Waals surface area contributed by atoms with Crippen LogP contribution >= 0.6 is 12.2 Å². The molecule has 2 N–H and O–H groups in total. The molecule has 21 heavy (non-hydrogen) atoms. The Hall–Kier alpha value is -1.62. The summed E-state index contributed by atoms with van der Waals surface area (Å²) in [6.45, 7) is 2.66. The zero-order chi connectivity index (χ0) is 15.6. The normalized spacial score (nSPS) is 24.0. The second-order valence-electron chi connectivity index (χ2n) is 5.97. The molecule has 1 aliphatic rings. The maximum atomic E-state index is 12.7. The topological polar surface area (TPSA) is 55.6 Å². The van der Waals surface area contributed by atoms with E-state index in [1.807, 2.05) is 24.3 Å². The average molecular weight is 306 g/mol. The SMILES string of the molecule is COc1ccc(CN(C)C(=O)C2(C(N)=S)CC(C)C2)cc1. The van der Waals surface area contributed by atoms with E-state index in [9.17, 15) is 4.79 Å². The van der Waals surface area contributed by atoms with E-state index in [-0.39, 0.29) is 5.91 Å². The average Bonchev–Trinajstić information content (AvgIpc) is 2.43. The number of methoxy groups -OCH3 is 1. The second-order valence-corrected chi connectivity index (χ2v) is 6.41. The minimum atomic E-state index is -0.629. The molecule has 0 atom stereocenters. The molecular weight excluding hydrogens is 284 g/mol. The van der Waals surface area contributed by atoms with Crippen LogP contribution in [-0.4, -0.2) is 30.0 Å². The lowest BCUT2D eigenvalue weighted by molar-refractivity contribution is -0.143. The summed E-state index contributed by atoms with van der Waals surface area (Å²) in [4.78, 5) is 14.7. The number of carbonyl (C=O) groups excluding carboxylic acids is 1. The van der Waals surface area contributed by atoms with E-state index in [1.54, 1.807) is 19.1 Å². The second kappa shape index (κ2) is 6.02. The van der Waals surface area contributed by atoms with Crippen molar-refractivity contribution in [2.75, 3.05) is 14.2 Å². The molecule has 1 amide bonds. The fourth-order valence-corrected chi connectivity index (χ4v) is 3.31. The Labute approximate surface area is 131 Å². The molecule has 0 aliphatic heterocycles. The fraction of sp³-hybridized carbons (Fsp3) is 0.500. The van der Waals surface area contributed by atoms with Gasteiger partial charge in [0.05, 0.1) is 17.5 Å². The first-order chi connectivity index (χ1) is 9.89. The maximum Gasteiger partial charge on any atom is 0.235 e. The van der Waals surface area contributed by atoms with E-state index >= 15 is 0 Å². The Morgan fingerprint density at radius 1 is 1.43 bits per heavy atom. The molecule has 1 aromatic carbocycles. The summed E-state index contributed by atoms with van der Waals surface area (Å²) in [6, 6.07) is 7.70. The van der Waals surface area contributed by atoms with Gasteiger partial charge in [0.2, 0.25) is 5.91 Å². The van der Waals surface area contributed by atoms with E-state index in [0.717, 1.165) is 24.2 Å². The van der Waals surface area contributed by atoms with E-state index < -0.39 is 5.41 Å². The van der Waals surface area contributed by atoms with Crippen LogP contribution in [0.4, 0.5) is 0 Å². The third-order valence-electron chi connectivity index (χ3n) is 4.20. The van der Waals surface area contributed by atoms with Gasteiger partial charge in [-0.2, -0.15) is 0 Å². The van der Waals surface area contributed by atoms with Gasteiger partial charge in [-0.15, -0.1) is 0 Å². The van der Waals surface area contributed by atoms with Gasteiger partial charge in [0, 0.05) is 13.6 Å². The van der Waals surface area contributed by atoms with Crippen molar-refractivity contribution in [3.8, 4) is 5.75 Å². The molecule has 1 aliphatic carbocycles. The molecule has 0 bridgehead atoms. The lowest BCUT2D eigenvalue weighted by Crippen LogP contribution is -2.56. The van der Waals surface area contributed by atoms with E-state index in [0.29, 0.717) is 17.5 Å². The van der Waals surface area contributed by atoms with Crippen molar-refractivity contribution < 1.29 is 9.53 Å². The van der Waals surface area contributed by atoms with Gasteiger partial charge in [-0.1, -0.05) is 31.3 Å². The summed E-state index contributed by atoms with van der Waals surface area (Å²) in [5.41, 5.74) is 6.26. The third kappa shape index (κ3) is 3.02. The lowest BCUT2D eigenvalue weighted by Gasteiger charge is -2.46. The van der Waals surface area contributed by atoms with Crippen molar-refractivity contribution >= 4 is 23.1 Å². The molecule has 0 heterocycles. The zero-order valence-corrected chi connectivity index (χ0v) is 13.6. The first-order valence-corrected chi connectivity index (χ1v) is 7.48. The number of amides is 1. The zero-order valence-electron chi connectivity index (χ0n) is 12.8. The molecule has 2 rings (SSSR count). The van der Waals surface area contributed by atoms with Crippen LogP contribution in [0.25, 0.3) is 0 Å². The number of benzene rings is 1. The predicted molar refractivity (Wildman–Crippen MR) is 87.1 cm³/mol. The van der Waals surface area contributed by atoms with Crippen molar-refractivity contribution in [1.82, 2.24) is 4.90 Å². The van der Waals surface area contributed by atoms with Gasteiger partial charge >= 0.3 is 0 Å². The van der Waals surface area contributed by atoms with E-state index in [1.165, 1.54) is 0 Å². The van der Waals surface area contributed by atoms with Crippen molar-refractivity contribution in [3.05, 3.63) is 29.8 Å². The third-order valence-corrected chi connectivity index (χ3v) is 4.59. The molecule has 114 valence electrons. The van der Waals surface area contributed by atoms with Crippen molar-refractivity contribution in [3.63, 3.8) is 0 Å².